The van der Waals surface area contributed by atoms with E-state index in [-0.39, 0.29) is 11.1 Å². The molecule has 0 spiro atoms. The van der Waals surface area contributed by atoms with Crippen molar-refractivity contribution in [2.45, 2.75) is 0 Å². The number of thiocarbonyl (C=S) groups is 1. The van der Waals surface area contributed by atoms with Crippen LogP contribution in [0.5, 0.6) is 0 Å². The molecule has 0 bridgehead atoms. The summed E-state index contributed by atoms with van der Waals surface area (Å²) in [5.41, 5.74) is 5.85. The maximum Gasteiger partial charge on any atom is 0.199 e. The Morgan fingerprint density at radius 3 is 2.31 bits per heavy atom. The second-order valence-corrected chi connectivity index (χ2v) is 4.05. The molecule has 0 aromatic heterocycles. The van der Waals surface area contributed by atoms with Gasteiger partial charge in [0.05, 0.1) is 15.7 Å². The molecule has 0 amide bonds. The van der Waals surface area contributed by atoms with Gasteiger partial charge in [0.15, 0.2) is 11.1 Å². The molecule has 4 N–H and O–H groups in total. The molecule has 0 saturated carbocycles. The summed E-state index contributed by atoms with van der Waals surface area (Å²) in [5, 5.41) is 11.2. The van der Waals surface area contributed by atoms with Crippen LogP contribution in [0.25, 0.3) is 0 Å². The van der Waals surface area contributed by atoms with Gasteiger partial charge in [-0.15, -0.1) is 0 Å². The van der Waals surface area contributed by atoms with Crippen LogP contribution < -0.4 is 16.0 Å². The van der Waals surface area contributed by atoms with Gasteiger partial charge in [-0.2, -0.15) is 0 Å². The summed E-state index contributed by atoms with van der Waals surface area (Å²) in [4.78, 5) is 1.26. The molecule has 0 unspecified atom stereocenters. The van der Waals surface area contributed by atoms with E-state index in [1.165, 1.54) is 4.90 Å². The van der Waals surface area contributed by atoms with E-state index in [0.717, 1.165) is 0 Å². The van der Waals surface area contributed by atoms with Crippen molar-refractivity contribution in [3.8, 4) is 0 Å². The third-order valence-electron chi connectivity index (χ3n) is 1.82. The Hall–Kier alpha value is -1.04. The summed E-state index contributed by atoms with van der Waals surface area (Å²) in [6.07, 6.45) is 0. The van der Waals surface area contributed by atoms with Crippen LogP contribution in [0.2, 0.25) is 10.0 Å². The smallest absolute Gasteiger partial charge is 0.199 e. The van der Waals surface area contributed by atoms with E-state index in [1.54, 1.807) is 25.2 Å². The van der Waals surface area contributed by atoms with E-state index in [0.29, 0.717) is 15.7 Å². The number of anilines is 1. The lowest BCUT2D eigenvalue weighted by molar-refractivity contribution is 1.14. The first-order valence-electron chi connectivity index (χ1n) is 4.29. The molecule has 1 rings (SSSR count). The molecule has 0 aliphatic rings. The summed E-state index contributed by atoms with van der Waals surface area (Å²) < 4.78 is 0. The minimum absolute atomic E-state index is 0.252. The molecular formula is C9H10Cl2N4S. The van der Waals surface area contributed by atoms with Crippen LogP contribution in [0.3, 0.4) is 0 Å². The Morgan fingerprint density at radius 1 is 1.44 bits per heavy atom. The lowest BCUT2D eigenvalue weighted by Gasteiger charge is -2.24. The lowest BCUT2D eigenvalue weighted by atomic mass is 10.3. The predicted molar refractivity (Wildman–Crippen MR) is 72.5 cm³/mol. The Kier molecular flexibility index (Phi) is 4.35. The standard InChI is InChI=1S/C9H10Cl2N4S/c1-14-9(16)15(8(12)13)7-5(10)3-2-4-6(7)11/h2-4H,1H3,(H3,12,13)(H,14,16). The normalized spacial score (nSPS) is 9.69. The molecule has 16 heavy (non-hydrogen) atoms. The molecular weight excluding hydrogens is 267 g/mol. The van der Waals surface area contributed by atoms with Gasteiger partial charge in [0, 0.05) is 7.05 Å². The van der Waals surface area contributed by atoms with Crippen LogP contribution in [0.1, 0.15) is 0 Å². The maximum atomic E-state index is 7.48. The van der Waals surface area contributed by atoms with E-state index in [9.17, 15) is 0 Å². The van der Waals surface area contributed by atoms with Crippen molar-refractivity contribution in [3.63, 3.8) is 0 Å². The van der Waals surface area contributed by atoms with E-state index < -0.39 is 0 Å². The first kappa shape index (κ1) is 13.0. The molecule has 0 fully saturated rings. The first-order valence-corrected chi connectivity index (χ1v) is 5.45. The van der Waals surface area contributed by atoms with Crippen LogP contribution in [0.4, 0.5) is 5.69 Å². The fourth-order valence-electron chi connectivity index (χ4n) is 1.15. The van der Waals surface area contributed by atoms with Crippen LogP contribution in [0.15, 0.2) is 18.2 Å². The van der Waals surface area contributed by atoms with Gasteiger partial charge in [-0.1, -0.05) is 29.3 Å². The average molecular weight is 277 g/mol. The lowest BCUT2D eigenvalue weighted by Crippen LogP contribution is -2.46. The number of rotatable bonds is 1. The van der Waals surface area contributed by atoms with E-state index in [4.69, 9.17) is 46.6 Å². The number of para-hydroxylation sites is 1. The number of guanidine groups is 1. The Balaban J connectivity index is 3.32. The van der Waals surface area contributed by atoms with Crippen molar-refractivity contribution in [1.29, 1.82) is 5.41 Å². The van der Waals surface area contributed by atoms with Crippen LogP contribution in [0, 0.1) is 5.41 Å². The zero-order valence-electron chi connectivity index (χ0n) is 8.42. The molecule has 86 valence electrons. The molecule has 0 aliphatic carbocycles. The minimum Gasteiger partial charge on any atom is -0.369 e. The molecule has 1 aromatic rings. The average Bonchev–Trinajstić information content (AvgIpc) is 2.22. The highest BCUT2D eigenvalue weighted by Crippen LogP contribution is 2.33. The number of nitrogens with one attached hydrogen (secondary N) is 2. The maximum absolute atomic E-state index is 7.48. The number of hydrogen-bond acceptors (Lipinski definition) is 2. The quantitative estimate of drug-likeness (QED) is 0.418. The molecule has 0 atom stereocenters. The van der Waals surface area contributed by atoms with Crippen molar-refractivity contribution < 1.29 is 0 Å². The van der Waals surface area contributed by atoms with Crippen molar-refractivity contribution in [2.75, 3.05) is 11.9 Å². The SMILES string of the molecule is CNC(=S)N(C(=N)N)c1c(Cl)cccc1Cl. The van der Waals surface area contributed by atoms with Crippen molar-refractivity contribution in [3.05, 3.63) is 28.2 Å². The topological polar surface area (TPSA) is 65.1 Å². The number of hydrogen-bond donors (Lipinski definition) is 3. The second-order valence-electron chi connectivity index (χ2n) is 2.85. The van der Waals surface area contributed by atoms with Crippen LogP contribution in [-0.4, -0.2) is 18.1 Å². The molecule has 1 aromatic carbocycles. The molecule has 7 heteroatoms. The van der Waals surface area contributed by atoms with Gasteiger partial charge in [0.1, 0.15) is 0 Å². The highest BCUT2D eigenvalue weighted by atomic mass is 35.5. The summed E-state index contributed by atoms with van der Waals surface area (Å²) in [6.45, 7) is 0. The number of nitrogens with zero attached hydrogens (tertiary/aromatic N) is 1. The molecule has 0 radical (unpaired) electrons. The largest absolute Gasteiger partial charge is 0.369 e. The zero-order valence-corrected chi connectivity index (χ0v) is 10.7. The Labute approximate surface area is 109 Å². The van der Waals surface area contributed by atoms with Gasteiger partial charge >= 0.3 is 0 Å². The van der Waals surface area contributed by atoms with Crippen LogP contribution >= 0.6 is 35.4 Å². The van der Waals surface area contributed by atoms with Gasteiger partial charge in [-0.3, -0.25) is 10.3 Å². The fourth-order valence-corrected chi connectivity index (χ4v) is 1.90. The number of benzene rings is 1. The summed E-state index contributed by atoms with van der Waals surface area (Å²) in [6, 6.07) is 5.00. The molecule has 0 saturated heterocycles. The third-order valence-corrected chi connectivity index (χ3v) is 2.82. The zero-order chi connectivity index (χ0) is 12.3. The van der Waals surface area contributed by atoms with Gasteiger partial charge in [-0.05, 0) is 24.4 Å². The molecule has 4 nitrogen and oxygen atoms in total. The van der Waals surface area contributed by atoms with Gasteiger partial charge in [-0.25, -0.2) is 0 Å². The molecule has 0 aliphatic heterocycles. The minimum atomic E-state index is -0.255. The summed E-state index contributed by atoms with van der Waals surface area (Å²) >= 11 is 17.0. The third kappa shape index (κ3) is 2.55. The van der Waals surface area contributed by atoms with Crippen molar-refractivity contribution in [2.24, 2.45) is 5.73 Å². The van der Waals surface area contributed by atoms with Gasteiger partial charge in [0.25, 0.3) is 0 Å². The van der Waals surface area contributed by atoms with E-state index in [2.05, 4.69) is 5.32 Å². The Morgan fingerprint density at radius 2 is 1.94 bits per heavy atom. The van der Waals surface area contributed by atoms with Gasteiger partial charge < -0.3 is 11.1 Å². The summed E-state index contributed by atoms with van der Waals surface area (Å²) in [5.74, 6) is -0.255. The highest BCUT2D eigenvalue weighted by Gasteiger charge is 2.19. The second kappa shape index (κ2) is 5.34. The fraction of sp³-hybridized carbons (Fsp3) is 0.111. The summed E-state index contributed by atoms with van der Waals surface area (Å²) in [7, 11) is 1.63. The van der Waals surface area contributed by atoms with Gasteiger partial charge in [0.2, 0.25) is 0 Å². The Bertz CT molecular complexity index is 415. The number of halogens is 2. The van der Waals surface area contributed by atoms with E-state index >= 15 is 0 Å². The van der Waals surface area contributed by atoms with Crippen molar-refractivity contribution in [1.82, 2.24) is 5.32 Å². The van der Waals surface area contributed by atoms with Crippen molar-refractivity contribution >= 4 is 52.2 Å². The monoisotopic (exact) mass is 276 g/mol. The highest BCUT2D eigenvalue weighted by molar-refractivity contribution is 7.80. The number of nitrogens with two attached hydrogens (primary N) is 1. The first-order chi connectivity index (χ1) is 7.49. The van der Waals surface area contributed by atoms with Crippen LogP contribution in [-0.2, 0) is 0 Å². The van der Waals surface area contributed by atoms with E-state index in [1.807, 2.05) is 0 Å². The molecule has 0 heterocycles. The predicted octanol–water partition coefficient (Wildman–Crippen LogP) is 2.20.